The highest BCUT2D eigenvalue weighted by Gasteiger charge is 2.67. The van der Waals surface area contributed by atoms with Crippen LogP contribution in [0.4, 0.5) is 0 Å². The van der Waals surface area contributed by atoms with Crippen molar-refractivity contribution in [2.24, 2.45) is 29.6 Å². The first-order chi connectivity index (χ1) is 12.6. The van der Waals surface area contributed by atoms with E-state index in [0.29, 0.717) is 11.8 Å². The van der Waals surface area contributed by atoms with E-state index >= 15 is 0 Å². The van der Waals surface area contributed by atoms with Gasteiger partial charge < -0.3 is 10.4 Å². The van der Waals surface area contributed by atoms with Crippen LogP contribution in [0.1, 0.15) is 37.3 Å². The Labute approximate surface area is 152 Å². The molecule has 0 heterocycles. The molecule has 3 fully saturated rings. The second-order valence-corrected chi connectivity index (χ2v) is 8.24. The van der Waals surface area contributed by atoms with E-state index in [-0.39, 0.29) is 18.2 Å². The number of carboxylic acid groups (broad SMARTS) is 1. The first kappa shape index (κ1) is 15.9. The van der Waals surface area contributed by atoms with Crippen LogP contribution in [0.25, 0.3) is 10.8 Å². The van der Waals surface area contributed by atoms with Crippen molar-refractivity contribution in [1.82, 2.24) is 5.32 Å². The Bertz CT molecular complexity index is 871. The lowest BCUT2D eigenvalue weighted by Gasteiger charge is -2.20. The van der Waals surface area contributed by atoms with Crippen molar-refractivity contribution >= 4 is 22.6 Å². The topological polar surface area (TPSA) is 66.4 Å². The Morgan fingerprint density at radius 3 is 2.46 bits per heavy atom. The van der Waals surface area contributed by atoms with Gasteiger partial charge in [-0.1, -0.05) is 42.5 Å². The summed E-state index contributed by atoms with van der Waals surface area (Å²) >= 11 is 0. The molecule has 2 aromatic carbocycles. The average molecular weight is 349 g/mol. The molecule has 0 radical (unpaired) electrons. The molecule has 26 heavy (non-hydrogen) atoms. The molecular formula is C22H23NO3. The molecule has 1 amide bonds. The first-order valence-electron chi connectivity index (χ1n) is 9.63. The molecule has 4 nitrogen and oxygen atoms in total. The average Bonchev–Trinajstić information content (AvgIpc) is 3.08. The summed E-state index contributed by atoms with van der Waals surface area (Å²) in [6.07, 6.45) is 3.77. The number of rotatable bonds is 5. The van der Waals surface area contributed by atoms with Crippen LogP contribution < -0.4 is 5.32 Å². The maximum Gasteiger partial charge on any atom is 0.305 e. The summed E-state index contributed by atoms with van der Waals surface area (Å²) in [5.74, 6) is 1.88. The monoisotopic (exact) mass is 349 g/mol. The Morgan fingerprint density at radius 1 is 1.04 bits per heavy atom. The summed E-state index contributed by atoms with van der Waals surface area (Å²) in [6.45, 7) is 0. The number of hydrogen-bond acceptors (Lipinski definition) is 2. The minimum Gasteiger partial charge on any atom is -0.481 e. The molecule has 4 unspecified atom stereocenters. The number of nitrogens with one attached hydrogen (secondary N) is 1. The van der Waals surface area contributed by atoms with E-state index in [1.54, 1.807) is 0 Å². The fraction of sp³-hybridized carbons (Fsp3) is 0.455. The maximum absolute atomic E-state index is 12.9. The van der Waals surface area contributed by atoms with Gasteiger partial charge in [0.1, 0.15) is 0 Å². The molecule has 3 saturated carbocycles. The van der Waals surface area contributed by atoms with Crippen molar-refractivity contribution in [3.8, 4) is 0 Å². The van der Waals surface area contributed by atoms with Crippen LogP contribution in [0, 0.1) is 29.6 Å². The maximum atomic E-state index is 12.9. The number of hydrogen-bond donors (Lipinski definition) is 2. The lowest BCUT2D eigenvalue weighted by atomic mass is 9.96. The van der Waals surface area contributed by atoms with Crippen LogP contribution in [0.2, 0.25) is 0 Å². The fourth-order valence-corrected chi connectivity index (χ4v) is 5.91. The summed E-state index contributed by atoms with van der Waals surface area (Å²) in [4.78, 5) is 24.4. The van der Waals surface area contributed by atoms with E-state index < -0.39 is 12.0 Å². The third kappa shape index (κ3) is 2.43. The van der Waals surface area contributed by atoms with E-state index in [1.807, 2.05) is 42.5 Å². The van der Waals surface area contributed by atoms with Crippen LogP contribution in [0.5, 0.6) is 0 Å². The molecule has 3 aliphatic carbocycles. The number of carboxylic acids is 1. The van der Waals surface area contributed by atoms with Crippen LogP contribution in [-0.4, -0.2) is 17.0 Å². The molecule has 5 rings (SSSR count). The van der Waals surface area contributed by atoms with Gasteiger partial charge in [-0.3, -0.25) is 9.59 Å². The predicted molar refractivity (Wildman–Crippen MR) is 98.4 cm³/mol. The molecule has 134 valence electrons. The SMILES string of the molecule is O=C(O)C[C@@H](NC(=O)C1C2C3CCC(C3)C12)c1cccc2ccccc12. The van der Waals surface area contributed by atoms with Gasteiger partial charge in [-0.25, -0.2) is 0 Å². The summed E-state index contributed by atoms with van der Waals surface area (Å²) in [6, 6.07) is 13.3. The smallest absolute Gasteiger partial charge is 0.305 e. The number of benzene rings is 2. The van der Waals surface area contributed by atoms with E-state index in [1.165, 1.54) is 19.3 Å². The van der Waals surface area contributed by atoms with Gasteiger partial charge in [0.25, 0.3) is 0 Å². The first-order valence-corrected chi connectivity index (χ1v) is 9.63. The molecule has 5 atom stereocenters. The standard InChI is InChI=1S/C22H23NO3/c24-18(25)11-17(16-7-3-5-12-4-1-2-6-15(12)16)23-22(26)21-19-13-8-9-14(10-13)20(19)21/h1-7,13-14,17,19-21H,8-11H2,(H,23,26)(H,24,25)/t13?,14?,17-,19?,20?,21?/m1/s1. The van der Waals surface area contributed by atoms with Crippen LogP contribution in [0.15, 0.2) is 42.5 Å². The van der Waals surface area contributed by atoms with Crippen molar-refractivity contribution < 1.29 is 14.7 Å². The van der Waals surface area contributed by atoms with Crippen molar-refractivity contribution in [3.63, 3.8) is 0 Å². The number of carbonyl (C=O) groups excluding carboxylic acids is 1. The van der Waals surface area contributed by atoms with Crippen molar-refractivity contribution in [1.29, 1.82) is 0 Å². The minimum absolute atomic E-state index is 0.0655. The predicted octanol–water partition coefficient (Wildman–Crippen LogP) is 3.76. The molecule has 0 aromatic heterocycles. The molecule has 2 aromatic rings. The van der Waals surface area contributed by atoms with Crippen molar-refractivity contribution in [2.75, 3.05) is 0 Å². The summed E-state index contributed by atoms with van der Waals surface area (Å²) in [7, 11) is 0. The summed E-state index contributed by atoms with van der Waals surface area (Å²) < 4.78 is 0. The molecule has 0 spiro atoms. The lowest BCUT2D eigenvalue weighted by molar-refractivity contribution is -0.137. The number of fused-ring (bicyclic) bond motifs is 6. The second-order valence-electron chi connectivity index (χ2n) is 8.24. The lowest BCUT2D eigenvalue weighted by Crippen LogP contribution is -2.33. The fourth-order valence-electron chi connectivity index (χ4n) is 5.91. The van der Waals surface area contributed by atoms with Gasteiger partial charge in [0.05, 0.1) is 12.5 Å². The number of aliphatic carboxylic acids is 1. The van der Waals surface area contributed by atoms with Crippen molar-refractivity contribution in [2.45, 2.75) is 31.7 Å². The highest BCUT2D eigenvalue weighted by molar-refractivity contribution is 5.88. The van der Waals surface area contributed by atoms with Crippen molar-refractivity contribution in [3.05, 3.63) is 48.0 Å². The van der Waals surface area contributed by atoms with E-state index in [0.717, 1.165) is 28.2 Å². The zero-order chi connectivity index (χ0) is 17.8. The molecule has 0 saturated heterocycles. The highest BCUT2D eigenvalue weighted by Crippen LogP contribution is 2.69. The zero-order valence-corrected chi connectivity index (χ0v) is 14.6. The van der Waals surface area contributed by atoms with Gasteiger partial charge in [-0.2, -0.15) is 0 Å². The minimum atomic E-state index is -0.890. The summed E-state index contributed by atoms with van der Waals surface area (Å²) in [5, 5.41) is 14.6. The Kier molecular flexibility index (Phi) is 3.56. The normalized spacial score (nSPS) is 32.2. The van der Waals surface area contributed by atoms with Gasteiger partial charge in [-0.05, 0) is 59.3 Å². The molecule has 2 bridgehead atoms. The van der Waals surface area contributed by atoms with E-state index in [2.05, 4.69) is 5.32 Å². The Hall–Kier alpha value is -2.36. The Morgan fingerprint density at radius 2 is 1.73 bits per heavy atom. The third-order valence-electron chi connectivity index (χ3n) is 6.93. The number of amides is 1. The largest absolute Gasteiger partial charge is 0.481 e. The van der Waals surface area contributed by atoms with Crippen LogP contribution >= 0.6 is 0 Å². The van der Waals surface area contributed by atoms with Gasteiger partial charge in [0.2, 0.25) is 5.91 Å². The molecule has 2 N–H and O–H groups in total. The summed E-state index contributed by atoms with van der Waals surface area (Å²) in [5.41, 5.74) is 0.896. The van der Waals surface area contributed by atoms with Gasteiger partial charge in [-0.15, -0.1) is 0 Å². The van der Waals surface area contributed by atoms with E-state index in [9.17, 15) is 14.7 Å². The van der Waals surface area contributed by atoms with Crippen LogP contribution in [-0.2, 0) is 9.59 Å². The quantitative estimate of drug-likeness (QED) is 0.864. The Balaban J connectivity index is 1.41. The molecule has 3 aliphatic rings. The second kappa shape index (κ2) is 5.83. The number of carbonyl (C=O) groups is 2. The third-order valence-corrected chi connectivity index (χ3v) is 6.93. The zero-order valence-electron chi connectivity index (χ0n) is 14.6. The van der Waals surface area contributed by atoms with E-state index in [4.69, 9.17) is 0 Å². The van der Waals surface area contributed by atoms with Gasteiger partial charge >= 0.3 is 5.97 Å². The van der Waals surface area contributed by atoms with Gasteiger partial charge in [0, 0.05) is 5.92 Å². The molecule has 0 aliphatic heterocycles. The molecule has 4 heteroatoms. The molecular weight excluding hydrogens is 326 g/mol. The highest BCUT2D eigenvalue weighted by atomic mass is 16.4. The van der Waals surface area contributed by atoms with Gasteiger partial charge in [0.15, 0.2) is 0 Å². The van der Waals surface area contributed by atoms with Crippen LogP contribution in [0.3, 0.4) is 0 Å².